The first-order chi connectivity index (χ1) is 6.59. The van der Waals surface area contributed by atoms with E-state index in [1.54, 1.807) is 0 Å². The molecular weight excluding hydrogens is 170 g/mol. The number of rotatable bonds is 0. The molecule has 0 radical (unpaired) electrons. The van der Waals surface area contributed by atoms with Crippen molar-refractivity contribution in [1.82, 2.24) is 4.98 Å². The van der Waals surface area contributed by atoms with Gasteiger partial charge in [-0.3, -0.25) is 4.98 Å². The van der Waals surface area contributed by atoms with Crippen molar-refractivity contribution in [2.45, 2.75) is 27.7 Å². The van der Waals surface area contributed by atoms with E-state index in [1.807, 2.05) is 6.92 Å². The van der Waals surface area contributed by atoms with Gasteiger partial charge >= 0.3 is 0 Å². The number of aryl methyl sites for hydroxylation is 4. The monoisotopic (exact) mass is 185 g/mol. The fourth-order valence-corrected chi connectivity index (χ4v) is 1.86. The predicted molar refractivity (Wildman–Crippen MR) is 60.7 cm³/mol. The Morgan fingerprint density at radius 1 is 0.929 bits per heavy atom. The molecule has 1 nitrogen and oxygen atoms in total. The molecule has 0 spiro atoms. The third-order valence-corrected chi connectivity index (χ3v) is 2.84. The maximum atomic E-state index is 4.60. The van der Waals surface area contributed by atoms with Crippen molar-refractivity contribution in [3.05, 3.63) is 40.6 Å². The van der Waals surface area contributed by atoms with Gasteiger partial charge in [0.2, 0.25) is 0 Å². The van der Waals surface area contributed by atoms with E-state index < -0.39 is 0 Å². The van der Waals surface area contributed by atoms with Crippen LogP contribution in [0.25, 0.3) is 10.9 Å². The van der Waals surface area contributed by atoms with Gasteiger partial charge in [-0.25, -0.2) is 0 Å². The molecule has 0 saturated carbocycles. The number of aromatic nitrogens is 1. The van der Waals surface area contributed by atoms with E-state index in [0.717, 1.165) is 11.2 Å². The summed E-state index contributed by atoms with van der Waals surface area (Å²) in [5.74, 6) is 0. The molecule has 0 N–H and O–H groups in total. The zero-order valence-corrected chi connectivity index (χ0v) is 9.18. The summed E-state index contributed by atoms with van der Waals surface area (Å²) in [6.07, 6.45) is 0. The van der Waals surface area contributed by atoms with E-state index in [1.165, 1.54) is 22.1 Å². The summed E-state index contributed by atoms with van der Waals surface area (Å²) >= 11 is 0. The second kappa shape index (κ2) is 3.09. The number of nitrogens with zero attached hydrogens (tertiary/aromatic N) is 1. The average molecular weight is 185 g/mol. The van der Waals surface area contributed by atoms with Gasteiger partial charge in [0.15, 0.2) is 0 Å². The number of benzene rings is 1. The molecule has 14 heavy (non-hydrogen) atoms. The summed E-state index contributed by atoms with van der Waals surface area (Å²) in [5.41, 5.74) is 6.19. The normalized spacial score (nSPS) is 10.9. The Bertz CT molecular complexity index is 498. The number of hydrogen-bond donors (Lipinski definition) is 0. The maximum absolute atomic E-state index is 4.60. The quantitative estimate of drug-likeness (QED) is 0.612. The third-order valence-electron chi connectivity index (χ3n) is 2.84. The summed E-state index contributed by atoms with van der Waals surface area (Å²) in [4.78, 5) is 4.60. The van der Waals surface area contributed by atoms with Gasteiger partial charge in [-0.2, -0.15) is 0 Å². The molecule has 0 saturated heterocycles. The van der Waals surface area contributed by atoms with Crippen molar-refractivity contribution >= 4 is 10.9 Å². The van der Waals surface area contributed by atoms with Crippen LogP contribution in [0.5, 0.6) is 0 Å². The highest BCUT2D eigenvalue weighted by Crippen LogP contribution is 2.22. The lowest BCUT2D eigenvalue weighted by molar-refractivity contribution is 1.21. The molecule has 0 aliphatic carbocycles. The molecule has 0 aliphatic rings. The SMILES string of the molecule is Cc1cc(C)c2ccc(C)c(C)c2n1. The van der Waals surface area contributed by atoms with Gasteiger partial charge in [0.05, 0.1) is 5.52 Å². The number of pyridine rings is 1. The van der Waals surface area contributed by atoms with Crippen molar-refractivity contribution in [2.24, 2.45) is 0 Å². The van der Waals surface area contributed by atoms with Gasteiger partial charge in [0, 0.05) is 11.1 Å². The van der Waals surface area contributed by atoms with Crippen LogP contribution in [0.4, 0.5) is 0 Å². The Hall–Kier alpha value is -1.37. The predicted octanol–water partition coefficient (Wildman–Crippen LogP) is 3.47. The fourth-order valence-electron chi connectivity index (χ4n) is 1.86. The fraction of sp³-hybridized carbons (Fsp3) is 0.308. The van der Waals surface area contributed by atoms with Gasteiger partial charge in [-0.15, -0.1) is 0 Å². The smallest absolute Gasteiger partial charge is 0.0739 e. The van der Waals surface area contributed by atoms with Crippen LogP contribution in [0.1, 0.15) is 22.4 Å². The first-order valence-corrected chi connectivity index (χ1v) is 4.94. The molecule has 72 valence electrons. The minimum atomic E-state index is 1.10. The minimum Gasteiger partial charge on any atom is -0.253 e. The summed E-state index contributed by atoms with van der Waals surface area (Å²) < 4.78 is 0. The van der Waals surface area contributed by atoms with Gasteiger partial charge in [-0.1, -0.05) is 12.1 Å². The van der Waals surface area contributed by atoms with E-state index in [9.17, 15) is 0 Å². The van der Waals surface area contributed by atoms with Crippen LogP contribution in [0.3, 0.4) is 0 Å². The van der Waals surface area contributed by atoms with Gasteiger partial charge in [0.25, 0.3) is 0 Å². The van der Waals surface area contributed by atoms with Crippen molar-refractivity contribution < 1.29 is 0 Å². The molecular formula is C13H15N. The lowest BCUT2D eigenvalue weighted by atomic mass is 10.0. The molecule has 0 bridgehead atoms. The number of hydrogen-bond acceptors (Lipinski definition) is 1. The van der Waals surface area contributed by atoms with Crippen molar-refractivity contribution in [3.8, 4) is 0 Å². The highest BCUT2D eigenvalue weighted by Gasteiger charge is 2.04. The van der Waals surface area contributed by atoms with Crippen LogP contribution >= 0.6 is 0 Å². The van der Waals surface area contributed by atoms with E-state index in [2.05, 4.69) is 44.0 Å². The molecule has 1 heterocycles. The van der Waals surface area contributed by atoms with E-state index in [-0.39, 0.29) is 0 Å². The largest absolute Gasteiger partial charge is 0.253 e. The third kappa shape index (κ3) is 1.29. The number of fused-ring (bicyclic) bond motifs is 1. The van der Waals surface area contributed by atoms with Gasteiger partial charge in [0.1, 0.15) is 0 Å². The molecule has 0 unspecified atom stereocenters. The minimum absolute atomic E-state index is 1.10. The van der Waals surface area contributed by atoms with Crippen molar-refractivity contribution in [3.63, 3.8) is 0 Å². The zero-order chi connectivity index (χ0) is 10.3. The molecule has 2 rings (SSSR count). The van der Waals surface area contributed by atoms with Crippen LogP contribution in [0.15, 0.2) is 18.2 Å². The summed E-state index contributed by atoms with van der Waals surface area (Å²) in [5, 5.41) is 1.28. The summed E-state index contributed by atoms with van der Waals surface area (Å²) in [6.45, 7) is 8.47. The topological polar surface area (TPSA) is 12.9 Å². The second-order valence-corrected chi connectivity index (χ2v) is 3.98. The van der Waals surface area contributed by atoms with Crippen molar-refractivity contribution in [1.29, 1.82) is 0 Å². The Balaban J connectivity index is 2.95. The Labute approximate surface area is 84.8 Å². The molecule has 0 atom stereocenters. The molecule has 0 amide bonds. The standard InChI is InChI=1S/C13H15N/c1-8-5-6-12-9(2)7-10(3)14-13(12)11(8)4/h5-7H,1-4H3. The van der Waals surface area contributed by atoms with Crippen molar-refractivity contribution in [2.75, 3.05) is 0 Å². The Morgan fingerprint density at radius 2 is 1.64 bits per heavy atom. The van der Waals surface area contributed by atoms with Crippen LogP contribution in [-0.4, -0.2) is 4.98 Å². The van der Waals surface area contributed by atoms with Crippen LogP contribution in [0, 0.1) is 27.7 Å². The summed E-state index contributed by atoms with van der Waals surface area (Å²) in [6, 6.07) is 6.47. The molecule has 0 fully saturated rings. The van der Waals surface area contributed by atoms with E-state index in [0.29, 0.717) is 0 Å². The lowest BCUT2D eigenvalue weighted by Crippen LogP contribution is -1.92. The molecule has 1 aromatic heterocycles. The molecule has 0 aliphatic heterocycles. The van der Waals surface area contributed by atoms with Crippen LogP contribution < -0.4 is 0 Å². The first-order valence-electron chi connectivity index (χ1n) is 4.94. The Kier molecular flexibility index (Phi) is 2.03. The van der Waals surface area contributed by atoms with Gasteiger partial charge < -0.3 is 0 Å². The van der Waals surface area contributed by atoms with Crippen LogP contribution in [0.2, 0.25) is 0 Å². The van der Waals surface area contributed by atoms with E-state index in [4.69, 9.17) is 0 Å². The average Bonchev–Trinajstić information content (AvgIpc) is 2.12. The highest BCUT2D eigenvalue weighted by atomic mass is 14.7. The second-order valence-electron chi connectivity index (χ2n) is 3.98. The zero-order valence-electron chi connectivity index (χ0n) is 9.18. The first kappa shape index (κ1) is 9.20. The maximum Gasteiger partial charge on any atom is 0.0739 e. The summed E-state index contributed by atoms with van der Waals surface area (Å²) in [7, 11) is 0. The molecule has 1 aromatic carbocycles. The Morgan fingerprint density at radius 3 is 2.36 bits per heavy atom. The van der Waals surface area contributed by atoms with E-state index >= 15 is 0 Å². The molecule has 2 aromatic rings. The lowest BCUT2D eigenvalue weighted by Gasteiger charge is -2.08. The highest BCUT2D eigenvalue weighted by molar-refractivity contribution is 5.85. The molecule has 1 heteroatoms. The van der Waals surface area contributed by atoms with Crippen LogP contribution in [-0.2, 0) is 0 Å². The van der Waals surface area contributed by atoms with Gasteiger partial charge in [-0.05, 0) is 50.5 Å².